The van der Waals surface area contributed by atoms with Crippen molar-refractivity contribution < 1.29 is 4.74 Å². The Hall–Kier alpha value is -0.630. The Morgan fingerprint density at radius 3 is 2.83 bits per heavy atom. The summed E-state index contributed by atoms with van der Waals surface area (Å²) in [5, 5.41) is 0. The highest BCUT2D eigenvalue weighted by Crippen LogP contribution is 2.30. The van der Waals surface area contributed by atoms with Crippen LogP contribution in [0.25, 0.3) is 0 Å². The van der Waals surface area contributed by atoms with E-state index in [2.05, 4.69) is 19.2 Å². The summed E-state index contributed by atoms with van der Waals surface area (Å²) in [6.45, 7) is 9.35. The van der Waals surface area contributed by atoms with Crippen molar-refractivity contribution >= 4 is 11.8 Å². The minimum absolute atomic E-state index is 0.701. The van der Waals surface area contributed by atoms with Crippen molar-refractivity contribution in [3.8, 4) is 0 Å². The summed E-state index contributed by atoms with van der Waals surface area (Å²) >= 11 is 1.81. The molecule has 0 atom stereocenters. The number of thioether (sulfide) groups is 1. The summed E-state index contributed by atoms with van der Waals surface area (Å²) in [7, 11) is 0. The predicted octanol–water partition coefficient (Wildman–Crippen LogP) is 3.46. The van der Waals surface area contributed by atoms with E-state index in [-0.39, 0.29) is 0 Å². The molecule has 0 saturated heterocycles. The van der Waals surface area contributed by atoms with Crippen molar-refractivity contribution in [2.24, 2.45) is 0 Å². The highest BCUT2D eigenvalue weighted by molar-refractivity contribution is 8.03. The molecule has 0 spiro atoms. The summed E-state index contributed by atoms with van der Waals surface area (Å²) in [5.41, 5.74) is 0. The zero-order chi connectivity index (χ0) is 8.97. The third-order valence-corrected chi connectivity index (χ3v) is 2.71. The SMILES string of the molecule is C=C(C)OC(=C)C1=CCCCS1. The molecule has 2 heteroatoms. The summed E-state index contributed by atoms with van der Waals surface area (Å²) in [5.74, 6) is 2.61. The van der Waals surface area contributed by atoms with Crippen LogP contribution in [0, 0.1) is 0 Å². The molecule has 0 amide bonds. The van der Waals surface area contributed by atoms with Gasteiger partial charge in [-0.3, -0.25) is 0 Å². The molecule has 1 rings (SSSR count). The summed E-state index contributed by atoms with van der Waals surface area (Å²) in [6.07, 6.45) is 4.58. The second-order valence-corrected chi connectivity index (χ2v) is 3.92. The van der Waals surface area contributed by atoms with Gasteiger partial charge in [0.15, 0.2) is 0 Å². The molecular weight excluding hydrogens is 168 g/mol. The highest BCUT2D eigenvalue weighted by Gasteiger charge is 2.08. The Kier molecular flexibility index (Phi) is 3.48. The van der Waals surface area contributed by atoms with E-state index in [1.807, 2.05) is 18.7 Å². The second kappa shape index (κ2) is 4.41. The molecule has 1 aliphatic heterocycles. The Morgan fingerprint density at radius 1 is 1.58 bits per heavy atom. The molecular formula is C10H14OS. The van der Waals surface area contributed by atoms with Gasteiger partial charge in [-0.1, -0.05) is 19.2 Å². The Balaban J connectivity index is 2.51. The van der Waals surface area contributed by atoms with Crippen LogP contribution >= 0.6 is 11.8 Å². The lowest BCUT2D eigenvalue weighted by atomic mass is 10.3. The molecule has 12 heavy (non-hydrogen) atoms. The fourth-order valence-electron chi connectivity index (χ4n) is 1.01. The van der Waals surface area contributed by atoms with Crippen LogP contribution in [0.15, 0.2) is 35.7 Å². The monoisotopic (exact) mass is 182 g/mol. The Bertz CT molecular complexity index is 228. The third kappa shape index (κ3) is 2.78. The first-order chi connectivity index (χ1) is 5.70. The van der Waals surface area contributed by atoms with Crippen LogP contribution in [-0.2, 0) is 4.74 Å². The average molecular weight is 182 g/mol. The van der Waals surface area contributed by atoms with Gasteiger partial charge in [-0.2, -0.15) is 0 Å². The molecule has 0 unspecified atom stereocenters. The van der Waals surface area contributed by atoms with Gasteiger partial charge in [0.25, 0.3) is 0 Å². The fourth-order valence-corrected chi connectivity index (χ4v) is 1.98. The molecule has 0 aromatic heterocycles. The quantitative estimate of drug-likeness (QED) is 0.618. The minimum Gasteiger partial charge on any atom is -0.462 e. The van der Waals surface area contributed by atoms with E-state index >= 15 is 0 Å². The standard InChI is InChI=1S/C10H14OS/c1-8(2)11-9(3)10-6-4-5-7-12-10/h6H,1,3-5,7H2,2H3. The van der Waals surface area contributed by atoms with Crippen LogP contribution in [0.5, 0.6) is 0 Å². The zero-order valence-corrected chi connectivity index (χ0v) is 8.25. The number of allylic oxidation sites excluding steroid dienone is 2. The van der Waals surface area contributed by atoms with E-state index in [0.717, 1.165) is 12.2 Å². The number of ether oxygens (including phenoxy) is 1. The predicted molar refractivity (Wildman–Crippen MR) is 54.8 cm³/mol. The molecule has 0 N–H and O–H groups in total. The molecule has 0 aliphatic carbocycles. The molecule has 0 bridgehead atoms. The maximum atomic E-state index is 5.31. The van der Waals surface area contributed by atoms with Crippen molar-refractivity contribution in [1.82, 2.24) is 0 Å². The first-order valence-electron chi connectivity index (χ1n) is 4.06. The van der Waals surface area contributed by atoms with Crippen molar-refractivity contribution in [3.63, 3.8) is 0 Å². The molecule has 1 heterocycles. The van der Waals surface area contributed by atoms with Crippen molar-refractivity contribution in [2.45, 2.75) is 19.8 Å². The lowest BCUT2D eigenvalue weighted by molar-refractivity contribution is 0.324. The maximum absolute atomic E-state index is 5.31. The molecule has 0 radical (unpaired) electrons. The van der Waals surface area contributed by atoms with Gasteiger partial charge >= 0.3 is 0 Å². The summed E-state index contributed by atoms with van der Waals surface area (Å²) in [6, 6.07) is 0. The molecule has 0 saturated carbocycles. The second-order valence-electron chi connectivity index (χ2n) is 2.79. The molecule has 1 aliphatic rings. The van der Waals surface area contributed by atoms with Gasteiger partial charge in [-0.25, -0.2) is 0 Å². The van der Waals surface area contributed by atoms with Gasteiger partial charge in [0.1, 0.15) is 5.76 Å². The Labute approximate surface area is 78.2 Å². The van der Waals surface area contributed by atoms with E-state index in [1.54, 1.807) is 0 Å². The maximum Gasteiger partial charge on any atom is 0.132 e. The van der Waals surface area contributed by atoms with Crippen molar-refractivity contribution in [1.29, 1.82) is 0 Å². The first-order valence-corrected chi connectivity index (χ1v) is 5.04. The van der Waals surface area contributed by atoms with Crippen LogP contribution in [0.4, 0.5) is 0 Å². The van der Waals surface area contributed by atoms with Crippen LogP contribution < -0.4 is 0 Å². The summed E-state index contributed by atoms with van der Waals surface area (Å²) < 4.78 is 5.31. The Morgan fingerprint density at radius 2 is 2.33 bits per heavy atom. The van der Waals surface area contributed by atoms with Gasteiger partial charge < -0.3 is 4.74 Å². The number of hydrogen-bond donors (Lipinski definition) is 0. The van der Waals surface area contributed by atoms with Crippen molar-refractivity contribution in [2.75, 3.05) is 5.75 Å². The van der Waals surface area contributed by atoms with Gasteiger partial charge in [0, 0.05) is 4.91 Å². The molecule has 0 aromatic carbocycles. The van der Waals surface area contributed by atoms with Gasteiger partial charge in [-0.15, -0.1) is 11.8 Å². The minimum atomic E-state index is 0.701. The summed E-state index contributed by atoms with van der Waals surface area (Å²) in [4.78, 5) is 1.17. The molecule has 1 nitrogen and oxygen atoms in total. The first kappa shape index (κ1) is 9.46. The molecule has 0 fully saturated rings. The van der Waals surface area contributed by atoms with Crippen LogP contribution in [0.1, 0.15) is 19.8 Å². The van der Waals surface area contributed by atoms with Crippen molar-refractivity contribution in [3.05, 3.63) is 35.7 Å². The largest absolute Gasteiger partial charge is 0.462 e. The lowest BCUT2D eigenvalue weighted by Gasteiger charge is -2.14. The highest BCUT2D eigenvalue weighted by atomic mass is 32.2. The number of rotatable bonds is 3. The van der Waals surface area contributed by atoms with Crippen LogP contribution in [0.2, 0.25) is 0 Å². The average Bonchev–Trinajstić information content (AvgIpc) is 2.05. The van der Waals surface area contributed by atoms with Gasteiger partial charge in [0.05, 0.1) is 5.76 Å². The van der Waals surface area contributed by atoms with Crippen LogP contribution in [-0.4, -0.2) is 5.75 Å². The van der Waals surface area contributed by atoms with E-state index in [9.17, 15) is 0 Å². The van der Waals surface area contributed by atoms with E-state index in [0.29, 0.717) is 5.76 Å². The van der Waals surface area contributed by atoms with Gasteiger partial charge in [-0.05, 0) is 25.5 Å². The van der Waals surface area contributed by atoms with Gasteiger partial charge in [0.2, 0.25) is 0 Å². The normalized spacial score (nSPS) is 16.6. The number of hydrogen-bond acceptors (Lipinski definition) is 2. The molecule has 66 valence electrons. The lowest BCUT2D eigenvalue weighted by Crippen LogP contribution is -1.95. The smallest absolute Gasteiger partial charge is 0.132 e. The van der Waals surface area contributed by atoms with E-state index in [4.69, 9.17) is 4.74 Å². The zero-order valence-electron chi connectivity index (χ0n) is 7.43. The van der Waals surface area contributed by atoms with Crippen LogP contribution in [0.3, 0.4) is 0 Å². The third-order valence-electron chi connectivity index (χ3n) is 1.51. The van der Waals surface area contributed by atoms with E-state index in [1.165, 1.54) is 17.1 Å². The topological polar surface area (TPSA) is 9.23 Å². The molecule has 0 aromatic rings. The fraction of sp³-hybridized carbons (Fsp3) is 0.400. The van der Waals surface area contributed by atoms with E-state index < -0.39 is 0 Å².